The highest BCUT2D eigenvalue weighted by molar-refractivity contribution is 7.80. The summed E-state index contributed by atoms with van der Waals surface area (Å²) >= 11 is 17.6. The molecule has 0 aliphatic carbocycles. The molecule has 2 aromatic carbocycles. The highest BCUT2D eigenvalue weighted by Gasteiger charge is 2.39. The number of benzene rings is 2. The number of nitrogens with one attached hydrogen (secondary N) is 1. The Morgan fingerprint density at radius 1 is 1.03 bits per heavy atom. The van der Waals surface area contributed by atoms with Gasteiger partial charge in [-0.05, 0) is 35.2 Å². The molecule has 0 bridgehead atoms. The summed E-state index contributed by atoms with van der Waals surface area (Å²) in [5.41, 5.74) is 4.51. The molecule has 2 unspecified atom stereocenters. The van der Waals surface area contributed by atoms with Crippen LogP contribution in [-0.2, 0) is 22.7 Å². The van der Waals surface area contributed by atoms with Gasteiger partial charge in [0.15, 0.2) is 0 Å². The molecule has 6 nitrogen and oxygen atoms in total. The molecule has 0 saturated carbocycles. The first-order chi connectivity index (χ1) is 15.9. The van der Waals surface area contributed by atoms with Crippen molar-refractivity contribution in [3.8, 4) is 0 Å². The molecule has 0 spiro atoms. The Balaban J connectivity index is 1.22. The van der Waals surface area contributed by atoms with Crippen LogP contribution in [0.4, 0.5) is 5.69 Å². The van der Waals surface area contributed by atoms with Crippen LogP contribution in [0.1, 0.15) is 34.9 Å². The first-order valence-electron chi connectivity index (χ1n) is 11.2. The van der Waals surface area contributed by atoms with Crippen LogP contribution in [0, 0.1) is 0 Å². The second-order valence-corrected chi connectivity index (χ2v) is 10.2. The Kier molecular flexibility index (Phi) is 6.60. The molecule has 2 atom stereocenters. The van der Waals surface area contributed by atoms with Crippen LogP contribution in [-0.4, -0.2) is 53.8 Å². The number of hydrogen-bond donors (Lipinski definition) is 2. The summed E-state index contributed by atoms with van der Waals surface area (Å²) < 4.78 is 0. The molecule has 2 fully saturated rings. The predicted molar refractivity (Wildman–Crippen MR) is 134 cm³/mol. The molecule has 2 amide bonds. The quantitative estimate of drug-likeness (QED) is 0.488. The second kappa shape index (κ2) is 9.47. The van der Waals surface area contributed by atoms with Gasteiger partial charge in [-0.1, -0.05) is 47.5 Å². The lowest BCUT2D eigenvalue weighted by atomic mass is 10.0. The number of hydrogen-bond acceptors (Lipinski definition) is 6. The molecule has 9 heteroatoms. The van der Waals surface area contributed by atoms with E-state index in [1.807, 2.05) is 18.2 Å². The van der Waals surface area contributed by atoms with E-state index in [0.29, 0.717) is 29.4 Å². The number of imide groups is 1. The van der Waals surface area contributed by atoms with E-state index in [9.17, 15) is 9.59 Å². The molecule has 0 radical (unpaired) electrons. The number of nitrogens with zero attached hydrogens (tertiary/aromatic N) is 3. The minimum Gasteiger partial charge on any atom is -0.367 e. The first-order valence-corrected chi connectivity index (χ1v) is 12.5. The molecule has 3 aliphatic heterocycles. The fraction of sp³-hybridized carbons (Fsp3) is 0.417. The third-order valence-corrected chi connectivity index (χ3v) is 7.98. The number of anilines is 1. The summed E-state index contributed by atoms with van der Waals surface area (Å²) in [6.45, 7) is 5.11. The molecule has 0 aromatic heterocycles. The summed E-state index contributed by atoms with van der Waals surface area (Å²) in [5.74, 6) is -0.405. The zero-order chi connectivity index (χ0) is 23.1. The first kappa shape index (κ1) is 23.0. The van der Waals surface area contributed by atoms with Crippen molar-refractivity contribution in [2.45, 2.75) is 37.3 Å². The van der Waals surface area contributed by atoms with Crippen LogP contribution in [0.15, 0.2) is 36.4 Å². The van der Waals surface area contributed by atoms with Gasteiger partial charge in [0, 0.05) is 45.7 Å². The van der Waals surface area contributed by atoms with Gasteiger partial charge in [-0.15, -0.1) is 0 Å². The SMILES string of the molecule is O=C1CCC(N2Cc3ccc(CN4CCN(c5c(Cl)cccc5Cl)CC4)cc3C2S)C(=O)N1. The van der Waals surface area contributed by atoms with E-state index in [4.69, 9.17) is 35.8 Å². The molecule has 3 aliphatic rings. The van der Waals surface area contributed by atoms with E-state index in [1.54, 1.807) is 0 Å². The minimum absolute atomic E-state index is 0.150. The number of piperazine rings is 1. The Bertz CT molecular complexity index is 1070. The number of halogens is 2. The number of amides is 2. The van der Waals surface area contributed by atoms with Crippen molar-refractivity contribution in [2.24, 2.45) is 0 Å². The van der Waals surface area contributed by atoms with Crippen LogP contribution in [0.3, 0.4) is 0 Å². The lowest BCUT2D eigenvalue weighted by Gasteiger charge is -2.37. The van der Waals surface area contributed by atoms with Gasteiger partial charge in [0.05, 0.1) is 27.1 Å². The van der Waals surface area contributed by atoms with E-state index in [0.717, 1.165) is 44.0 Å². The molecule has 5 rings (SSSR count). The average molecular weight is 505 g/mol. The molecular weight excluding hydrogens is 479 g/mol. The average Bonchev–Trinajstić information content (AvgIpc) is 3.11. The topological polar surface area (TPSA) is 55.9 Å². The van der Waals surface area contributed by atoms with E-state index in [-0.39, 0.29) is 23.2 Å². The van der Waals surface area contributed by atoms with Crippen molar-refractivity contribution in [2.75, 3.05) is 31.1 Å². The van der Waals surface area contributed by atoms with Crippen LogP contribution in [0.25, 0.3) is 0 Å². The van der Waals surface area contributed by atoms with Crippen LogP contribution in [0.5, 0.6) is 0 Å². The zero-order valence-electron chi connectivity index (χ0n) is 18.1. The van der Waals surface area contributed by atoms with Gasteiger partial charge in [-0.3, -0.25) is 24.7 Å². The second-order valence-electron chi connectivity index (χ2n) is 8.88. The van der Waals surface area contributed by atoms with E-state index < -0.39 is 0 Å². The monoisotopic (exact) mass is 504 g/mol. The smallest absolute Gasteiger partial charge is 0.243 e. The standard InChI is InChI=1S/C24H26Cl2N4O2S/c25-18-2-1-3-19(26)22(18)29-10-8-28(9-11-29)13-15-4-5-16-14-30(24(33)17(16)12-15)20-6-7-21(31)27-23(20)32/h1-5,12,20,24,33H,6-11,13-14H2,(H,27,31,32). The van der Waals surface area contributed by atoms with Gasteiger partial charge in [-0.25, -0.2) is 0 Å². The third kappa shape index (κ3) is 4.62. The Labute approximate surface area is 209 Å². The van der Waals surface area contributed by atoms with Crippen molar-refractivity contribution in [1.82, 2.24) is 15.1 Å². The lowest BCUT2D eigenvalue weighted by molar-refractivity contribution is -0.137. The highest BCUT2D eigenvalue weighted by Crippen LogP contribution is 2.40. The molecule has 174 valence electrons. The summed E-state index contributed by atoms with van der Waals surface area (Å²) in [5, 5.41) is 3.69. The third-order valence-electron chi connectivity index (χ3n) is 6.80. The Morgan fingerprint density at radius 2 is 1.76 bits per heavy atom. The van der Waals surface area contributed by atoms with Crippen molar-refractivity contribution in [3.63, 3.8) is 0 Å². The maximum atomic E-state index is 12.4. The molecule has 2 aromatic rings. The molecule has 3 heterocycles. The zero-order valence-corrected chi connectivity index (χ0v) is 20.5. The number of thiol groups is 1. The van der Waals surface area contributed by atoms with Crippen molar-refractivity contribution < 1.29 is 9.59 Å². The van der Waals surface area contributed by atoms with Gasteiger partial charge >= 0.3 is 0 Å². The van der Waals surface area contributed by atoms with Gasteiger partial charge < -0.3 is 4.90 Å². The van der Waals surface area contributed by atoms with E-state index in [2.05, 4.69) is 38.2 Å². The number of rotatable bonds is 4. The summed E-state index contributed by atoms with van der Waals surface area (Å²) in [4.78, 5) is 30.6. The van der Waals surface area contributed by atoms with Gasteiger partial charge in [-0.2, -0.15) is 12.6 Å². The number of carbonyl (C=O) groups is 2. The van der Waals surface area contributed by atoms with Crippen molar-refractivity contribution >= 4 is 53.3 Å². The molecule has 1 N–H and O–H groups in total. The molecule has 2 saturated heterocycles. The minimum atomic E-state index is -0.314. The highest BCUT2D eigenvalue weighted by atomic mass is 35.5. The van der Waals surface area contributed by atoms with Crippen molar-refractivity contribution in [3.05, 3.63) is 63.1 Å². The predicted octanol–water partition coefficient (Wildman–Crippen LogP) is 3.86. The maximum absolute atomic E-state index is 12.4. The van der Waals surface area contributed by atoms with Crippen LogP contribution in [0.2, 0.25) is 10.0 Å². The van der Waals surface area contributed by atoms with E-state index in [1.165, 1.54) is 11.1 Å². The number of fused-ring (bicyclic) bond motifs is 1. The number of piperidine rings is 1. The Hall–Kier alpha value is -1.77. The fourth-order valence-electron chi connectivity index (χ4n) is 5.05. The summed E-state index contributed by atoms with van der Waals surface area (Å²) in [6, 6.07) is 11.9. The number of para-hydroxylation sites is 1. The Morgan fingerprint density at radius 3 is 2.45 bits per heavy atom. The lowest BCUT2D eigenvalue weighted by Crippen LogP contribution is -2.51. The van der Waals surface area contributed by atoms with Gasteiger partial charge in [0.2, 0.25) is 11.8 Å². The molecular formula is C24H26Cl2N4O2S. The van der Waals surface area contributed by atoms with E-state index >= 15 is 0 Å². The van der Waals surface area contributed by atoms with Gasteiger partial charge in [0.25, 0.3) is 0 Å². The van der Waals surface area contributed by atoms with Crippen LogP contribution < -0.4 is 10.2 Å². The van der Waals surface area contributed by atoms with Gasteiger partial charge in [0.1, 0.15) is 0 Å². The van der Waals surface area contributed by atoms with Crippen LogP contribution >= 0.6 is 35.8 Å². The normalized spacial score (nSPS) is 24.2. The molecule has 33 heavy (non-hydrogen) atoms. The number of carbonyl (C=O) groups excluding carboxylic acids is 2. The maximum Gasteiger partial charge on any atom is 0.243 e. The fourth-order valence-corrected chi connectivity index (χ4v) is 6.17. The largest absolute Gasteiger partial charge is 0.367 e. The summed E-state index contributed by atoms with van der Waals surface area (Å²) in [6.07, 6.45) is 0.919. The van der Waals surface area contributed by atoms with Crippen molar-refractivity contribution in [1.29, 1.82) is 0 Å². The summed E-state index contributed by atoms with van der Waals surface area (Å²) in [7, 11) is 0.